The molecule has 106 valence electrons. The molecule has 1 saturated carbocycles. The van der Waals surface area contributed by atoms with E-state index in [-0.39, 0.29) is 0 Å². The Hall–Kier alpha value is -0.416. The highest BCUT2D eigenvalue weighted by Gasteiger charge is 2.40. The van der Waals surface area contributed by atoms with E-state index in [2.05, 4.69) is 45.4 Å². The number of allylic oxidation sites excluding steroid dienone is 4. The Morgan fingerprint density at radius 3 is 2.16 bits per heavy atom. The van der Waals surface area contributed by atoms with E-state index in [0.29, 0.717) is 11.7 Å². The van der Waals surface area contributed by atoms with E-state index in [1.165, 1.54) is 41.6 Å². The molecule has 0 aromatic heterocycles. The summed E-state index contributed by atoms with van der Waals surface area (Å²) in [4.78, 5) is 13.0. The van der Waals surface area contributed by atoms with Gasteiger partial charge in [0.2, 0.25) is 0 Å². The minimum atomic E-state index is -1.54. The van der Waals surface area contributed by atoms with Gasteiger partial charge in [0, 0.05) is 0 Å². The molecule has 19 heavy (non-hydrogen) atoms. The van der Waals surface area contributed by atoms with Crippen molar-refractivity contribution in [2.45, 2.75) is 65.0 Å². The molecule has 0 bridgehead atoms. The largest absolute Gasteiger partial charge is 0.290 e. The fourth-order valence-electron chi connectivity index (χ4n) is 3.50. The molecule has 0 aliphatic heterocycles. The van der Waals surface area contributed by atoms with Crippen LogP contribution < -0.4 is 0 Å². The third kappa shape index (κ3) is 2.87. The van der Waals surface area contributed by atoms with Crippen LogP contribution in [0, 0.1) is 5.92 Å². The van der Waals surface area contributed by atoms with Crippen LogP contribution in [0.1, 0.15) is 25.7 Å². The first-order chi connectivity index (χ1) is 8.62. The molecule has 1 fully saturated rings. The molecule has 3 heteroatoms. The standard InChI is InChI=1S/C16H28OSi2/c1-18(2,3)14-11-12-9-7-8-10-13(12)16(15(14)17)19(4,5)6/h11-12H,7-10H2,1-6H3. The maximum atomic E-state index is 13.0. The summed E-state index contributed by atoms with van der Waals surface area (Å²) in [5, 5.41) is 2.50. The zero-order valence-corrected chi connectivity index (χ0v) is 15.4. The molecule has 0 N–H and O–H groups in total. The zero-order valence-electron chi connectivity index (χ0n) is 13.4. The zero-order chi connectivity index (χ0) is 14.4. The van der Waals surface area contributed by atoms with E-state index in [4.69, 9.17) is 0 Å². The molecule has 0 saturated heterocycles. The lowest BCUT2D eigenvalue weighted by atomic mass is 9.81. The topological polar surface area (TPSA) is 17.1 Å². The number of ketones is 1. The molecule has 2 aliphatic rings. The summed E-state index contributed by atoms with van der Waals surface area (Å²) in [6, 6.07) is 0. The molecule has 1 atom stereocenters. The summed E-state index contributed by atoms with van der Waals surface area (Å²) in [5.41, 5.74) is 1.53. The second-order valence-corrected chi connectivity index (χ2v) is 18.2. The maximum Gasteiger partial charge on any atom is 0.176 e. The van der Waals surface area contributed by atoms with Crippen molar-refractivity contribution < 1.29 is 4.79 Å². The second-order valence-electron chi connectivity index (χ2n) is 8.16. The molecule has 1 nitrogen and oxygen atoms in total. The summed E-state index contributed by atoms with van der Waals surface area (Å²) >= 11 is 0. The number of rotatable bonds is 2. The van der Waals surface area contributed by atoms with Gasteiger partial charge >= 0.3 is 0 Å². The highest BCUT2D eigenvalue weighted by molar-refractivity contribution is 6.93. The van der Waals surface area contributed by atoms with E-state index in [1.54, 1.807) is 0 Å². The Labute approximate surface area is 120 Å². The van der Waals surface area contributed by atoms with Crippen LogP contribution in [0.5, 0.6) is 0 Å². The first kappa shape index (κ1) is 15.0. The molecule has 0 aromatic carbocycles. The molecule has 1 unspecified atom stereocenters. The van der Waals surface area contributed by atoms with Crippen LogP contribution in [0.25, 0.3) is 0 Å². The van der Waals surface area contributed by atoms with Crippen molar-refractivity contribution in [2.75, 3.05) is 0 Å². The van der Waals surface area contributed by atoms with Gasteiger partial charge in [-0.3, -0.25) is 4.79 Å². The van der Waals surface area contributed by atoms with Crippen molar-refractivity contribution in [1.29, 1.82) is 0 Å². The van der Waals surface area contributed by atoms with Gasteiger partial charge in [0.1, 0.15) is 0 Å². The quantitative estimate of drug-likeness (QED) is 0.672. The Morgan fingerprint density at radius 2 is 1.63 bits per heavy atom. The molecular weight excluding hydrogens is 264 g/mol. The molecule has 2 rings (SSSR count). The van der Waals surface area contributed by atoms with Gasteiger partial charge in [-0.15, -0.1) is 0 Å². The van der Waals surface area contributed by atoms with E-state index in [9.17, 15) is 4.79 Å². The van der Waals surface area contributed by atoms with Crippen LogP contribution in [0.3, 0.4) is 0 Å². The molecule has 0 amide bonds. The van der Waals surface area contributed by atoms with Gasteiger partial charge < -0.3 is 0 Å². The maximum absolute atomic E-state index is 13.0. The van der Waals surface area contributed by atoms with Gasteiger partial charge in [0.25, 0.3) is 0 Å². The number of fused-ring (bicyclic) bond motifs is 1. The monoisotopic (exact) mass is 292 g/mol. The summed E-state index contributed by atoms with van der Waals surface area (Å²) < 4.78 is 0. The number of hydrogen-bond acceptors (Lipinski definition) is 1. The summed E-state index contributed by atoms with van der Waals surface area (Å²) in [5.74, 6) is 1.03. The lowest BCUT2D eigenvalue weighted by Crippen LogP contribution is -2.41. The predicted octanol–water partition coefficient (Wildman–Crippen LogP) is 4.74. The number of carbonyl (C=O) groups is 1. The van der Waals surface area contributed by atoms with Crippen molar-refractivity contribution in [3.8, 4) is 0 Å². The van der Waals surface area contributed by atoms with Gasteiger partial charge in [-0.05, 0) is 35.6 Å². The second kappa shape index (κ2) is 4.85. The molecular formula is C16H28OSi2. The smallest absolute Gasteiger partial charge is 0.176 e. The fourth-order valence-corrected chi connectivity index (χ4v) is 7.23. The molecule has 0 spiro atoms. The first-order valence-electron chi connectivity index (χ1n) is 7.63. The lowest BCUT2D eigenvalue weighted by Gasteiger charge is -2.37. The average molecular weight is 293 g/mol. The van der Waals surface area contributed by atoms with E-state index >= 15 is 0 Å². The van der Waals surface area contributed by atoms with Crippen molar-refractivity contribution in [3.63, 3.8) is 0 Å². The molecule has 0 radical (unpaired) electrons. The van der Waals surface area contributed by atoms with Crippen LogP contribution in [0.4, 0.5) is 0 Å². The van der Waals surface area contributed by atoms with Crippen molar-refractivity contribution in [2.24, 2.45) is 5.92 Å². The van der Waals surface area contributed by atoms with Crippen molar-refractivity contribution in [1.82, 2.24) is 0 Å². The first-order valence-corrected chi connectivity index (χ1v) is 14.6. The van der Waals surface area contributed by atoms with Crippen LogP contribution >= 0.6 is 0 Å². The fraction of sp³-hybridized carbons (Fsp3) is 0.688. The van der Waals surface area contributed by atoms with Crippen LogP contribution in [0.2, 0.25) is 39.3 Å². The minimum Gasteiger partial charge on any atom is -0.290 e. The SMILES string of the molecule is C[Si](C)(C)C1=CC2CCCCC2=C([Si](C)(C)C)C1=O. The third-order valence-corrected chi connectivity index (χ3v) is 8.44. The van der Waals surface area contributed by atoms with Gasteiger partial charge in [-0.1, -0.05) is 57.4 Å². The predicted molar refractivity (Wildman–Crippen MR) is 88.8 cm³/mol. The van der Waals surface area contributed by atoms with Crippen LogP contribution in [0.15, 0.2) is 22.0 Å². The van der Waals surface area contributed by atoms with Gasteiger partial charge in [0.15, 0.2) is 5.78 Å². The Kier molecular flexibility index (Phi) is 3.82. The number of Topliss-reactive ketones (excluding diaryl/α,β-unsaturated/α-hetero) is 1. The van der Waals surface area contributed by atoms with Gasteiger partial charge in [0.05, 0.1) is 16.1 Å². The number of carbonyl (C=O) groups excluding carboxylic acids is 1. The summed E-state index contributed by atoms with van der Waals surface area (Å²) in [6.45, 7) is 14.0. The van der Waals surface area contributed by atoms with Crippen LogP contribution in [-0.4, -0.2) is 21.9 Å². The van der Waals surface area contributed by atoms with Gasteiger partial charge in [-0.25, -0.2) is 0 Å². The van der Waals surface area contributed by atoms with Gasteiger partial charge in [-0.2, -0.15) is 0 Å². The summed E-state index contributed by atoms with van der Waals surface area (Å²) in [7, 11) is -3.05. The van der Waals surface area contributed by atoms with E-state index in [1.807, 2.05) is 0 Å². The minimum absolute atomic E-state index is 0.437. The lowest BCUT2D eigenvalue weighted by molar-refractivity contribution is -0.111. The molecule has 2 aliphatic carbocycles. The van der Waals surface area contributed by atoms with Crippen LogP contribution in [-0.2, 0) is 4.79 Å². The summed E-state index contributed by atoms with van der Waals surface area (Å²) in [6.07, 6.45) is 7.42. The highest BCUT2D eigenvalue weighted by atomic mass is 28.3. The third-order valence-electron chi connectivity index (χ3n) is 4.38. The normalized spacial score (nSPS) is 25.3. The van der Waals surface area contributed by atoms with Crippen molar-refractivity contribution in [3.05, 3.63) is 22.0 Å². The average Bonchev–Trinajstić information content (AvgIpc) is 2.24. The Balaban J connectivity index is 2.54. The Morgan fingerprint density at radius 1 is 1.00 bits per heavy atom. The highest BCUT2D eigenvalue weighted by Crippen LogP contribution is 2.42. The number of hydrogen-bond donors (Lipinski definition) is 0. The molecule has 0 heterocycles. The Bertz CT molecular complexity index is 458. The van der Waals surface area contributed by atoms with E-state index < -0.39 is 16.1 Å². The van der Waals surface area contributed by atoms with E-state index in [0.717, 1.165) is 0 Å². The van der Waals surface area contributed by atoms with Crippen molar-refractivity contribution >= 4 is 21.9 Å². The molecule has 0 aromatic rings.